The van der Waals surface area contributed by atoms with Gasteiger partial charge in [-0.3, -0.25) is 13.8 Å². The van der Waals surface area contributed by atoms with Crippen molar-refractivity contribution in [3.63, 3.8) is 0 Å². The summed E-state index contributed by atoms with van der Waals surface area (Å²) in [5.41, 5.74) is 5.39. The van der Waals surface area contributed by atoms with Gasteiger partial charge < -0.3 is 21.1 Å². The molecule has 0 spiro atoms. The van der Waals surface area contributed by atoms with Gasteiger partial charge in [-0.15, -0.1) is 0 Å². The normalized spacial score (nSPS) is 13.9. The third-order valence-electron chi connectivity index (χ3n) is 11.2. The Morgan fingerprint density at radius 3 is 1.16 bits per heavy atom. The molecule has 0 radical (unpaired) electrons. The van der Waals surface area contributed by atoms with Crippen LogP contribution in [0.3, 0.4) is 0 Å². The maximum atomic E-state index is 12.8. The van der Waals surface area contributed by atoms with Crippen LogP contribution in [0.5, 0.6) is 0 Å². The van der Waals surface area contributed by atoms with E-state index in [2.05, 4.69) is 19.2 Å². The van der Waals surface area contributed by atoms with E-state index in [0.717, 1.165) is 38.5 Å². The number of hydrogen-bond acceptors (Lipinski definition) is 6. The monoisotopic (exact) mass is 803 g/mol. The van der Waals surface area contributed by atoms with Gasteiger partial charge in [0.2, 0.25) is 5.91 Å². The van der Waals surface area contributed by atoms with Crippen molar-refractivity contribution in [3.8, 4) is 0 Å². The van der Waals surface area contributed by atoms with Crippen LogP contribution < -0.4 is 11.1 Å². The molecule has 0 fully saturated rings. The van der Waals surface area contributed by atoms with Crippen LogP contribution in [0.4, 0.5) is 0 Å². The van der Waals surface area contributed by atoms with Crippen LogP contribution >= 0.6 is 7.82 Å². The number of amides is 1. The molecule has 1 unspecified atom stereocenters. The summed E-state index contributed by atoms with van der Waals surface area (Å²) in [6.45, 7) is 4.25. The molecule has 0 aromatic carbocycles. The second-order valence-corrected chi connectivity index (χ2v) is 18.1. The van der Waals surface area contributed by atoms with E-state index in [0.29, 0.717) is 12.8 Å². The maximum absolute atomic E-state index is 12.8. The van der Waals surface area contributed by atoms with Gasteiger partial charge in [-0.05, 0) is 12.8 Å². The van der Waals surface area contributed by atoms with Crippen molar-refractivity contribution in [2.24, 2.45) is 5.73 Å². The van der Waals surface area contributed by atoms with Gasteiger partial charge in [0.1, 0.15) is 0 Å². The maximum Gasteiger partial charge on any atom is 0.472 e. The predicted molar refractivity (Wildman–Crippen MR) is 236 cm³/mol. The summed E-state index contributed by atoms with van der Waals surface area (Å²) in [7, 11) is -4.31. The average molecular weight is 803 g/mol. The zero-order valence-corrected chi connectivity index (χ0v) is 37.6. The lowest BCUT2D eigenvalue weighted by Gasteiger charge is -2.25. The van der Waals surface area contributed by atoms with Crippen LogP contribution in [-0.4, -0.2) is 47.8 Å². The summed E-state index contributed by atoms with van der Waals surface area (Å²) < 4.78 is 22.2. The van der Waals surface area contributed by atoms with Crippen molar-refractivity contribution in [1.82, 2.24) is 5.32 Å². The number of phosphoric ester groups is 1. The molecule has 0 bridgehead atoms. The molecule has 0 aliphatic rings. The highest BCUT2D eigenvalue weighted by atomic mass is 31.2. The first-order valence-corrected chi connectivity index (χ1v) is 25.6. The zero-order chi connectivity index (χ0) is 40.3. The summed E-state index contributed by atoms with van der Waals surface area (Å²) in [5, 5.41) is 13.8. The van der Waals surface area contributed by atoms with Gasteiger partial charge in [0.15, 0.2) is 0 Å². The third-order valence-corrected chi connectivity index (χ3v) is 12.2. The van der Waals surface area contributed by atoms with Crippen LogP contribution in [0.1, 0.15) is 258 Å². The third kappa shape index (κ3) is 41.5. The predicted octanol–water partition coefficient (Wildman–Crippen LogP) is 13.8. The standard InChI is InChI=1S/C46H95N2O6P/c1-3-5-7-9-11-13-15-17-19-21-22-24-26-28-30-32-34-36-38-40-46(50)48-44(43-54-55(51,52)53-42-41-47)45(49)39-37-35-33-31-29-27-25-23-20-18-16-14-12-10-8-6-4-2/h44-45,49H,3-43,47H2,1-2H3,(H,48,50)(H,51,52)/t44-,45+/m0/s1. The molecule has 3 atom stereocenters. The number of nitrogens with two attached hydrogens (primary N) is 1. The van der Waals surface area contributed by atoms with E-state index in [4.69, 9.17) is 14.8 Å². The lowest BCUT2D eigenvalue weighted by Crippen LogP contribution is -2.46. The highest BCUT2D eigenvalue weighted by molar-refractivity contribution is 7.47. The minimum absolute atomic E-state index is 0.0927. The molecule has 0 aliphatic carbocycles. The molecule has 55 heavy (non-hydrogen) atoms. The number of nitrogens with one attached hydrogen (secondary N) is 1. The Balaban J connectivity index is 4.05. The van der Waals surface area contributed by atoms with E-state index in [1.165, 1.54) is 193 Å². The molecule has 8 nitrogen and oxygen atoms in total. The van der Waals surface area contributed by atoms with Crippen molar-refractivity contribution >= 4 is 13.7 Å². The topological polar surface area (TPSA) is 131 Å². The Kier molecular flexibility index (Phi) is 42.7. The van der Waals surface area contributed by atoms with Gasteiger partial charge >= 0.3 is 7.82 Å². The highest BCUT2D eigenvalue weighted by Crippen LogP contribution is 2.43. The Hall–Kier alpha value is -0.500. The van der Waals surface area contributed by atoms with Crippen molar-refractivity contribution in [1.29, 1.82) is 0 Å². The van der Waals surface area contributed by atoms with Crippen LogP contribution in [0.25, 0.3) is 0 Å². The second kappa shape index (κ2) is 43.1. The minimum atomic E-state index is -4.31. The fraction of sp³-hybridized carbons (Fsp3) is 0.978. The number of phosphoric acid groups is 1. The highest BCUT2D eigenvalue weighted by Gasteiger charge is 2.27. The van der Waals surface area contributed by atoms with E-state index in [-0.39, 0.29) is 25.7 Å². The Bertz CT molecular complexity index is 834. The summed E-state index contributed by atoms with van der Waals surface area (Å²) in [4.78, 5) is 22.8. The molecule has 0 saturated heterocycles. The van der Waals surface area contributed by atoms with E-state index < -0.39 is 20.0 Å². The smallest absolute Gasteiger partial charge is 0.391 e. The summed E-state index contributed by atoms with van der Waals surface area (Å²) in [6, 6.07) is -0.768. The fourth-order valence-corrected chi connectivity index (χ4v) is 8.31. The van der Waals surface area contributed by atoms with Gasteiger partial charge in [-0.1, -0.05) is 239 Å². The molecule has 0 aliphatic heterocycles. The Morgan fingerprint density at radius 1 is 0.527 bits per heavy atom. The molecule has 5 N–H and O–H groups in total. The quantitative estimate of drug-likeness (QED) is 0.0356. The number of carbonyl (C=O) groups excluding carboxylic acids is 1. The number of hydrogen-bond donors (Lipinski definition) is 4. The van der Waals surface area contributed by atoms with Gasteiger partial charge in [0.25, 0.3) is 0 Å². The minimum Gasteiger partial charge on any atom is -0.391 e. The molecule has 1 amide bonds. The average Bonchev–Trinajstić information content (AvgIpc) is 3.17. The van der Waals surface area contributed by atoms with Crippen molar-refractivity contribution in [2.45, 2.75) is 270 Å². The Morgan fingerprint density at radius 2 is 0.836 bits per heavy atom. The fourth-order valence-electron chi connectivity index (χ4n) is 7.55. The van der Waals surface area contributed by atoms with Crippen molar-refractivity contribution in [3.05, 3.63) is 0 Å². The SMILES string of the molecule is CCCCCCCCCCCCCCCCCCCCCC(=O)N[C@@H](COP(=O)(O)OCCN)[C@H](O)CCCCCCCCCCCCCCCCCCC. The van der Waals surface area contributed by atoms with Crippen LogP contribution in [0, 0.1) is 0 Å². The molecule has 0 rings (SSSR count). The van der Waals surface area contributed by atoms with Crippen molar-refractivity contribution < 1.29 is 28.4 Å². The van der Waals surface area contributed by atoms with E-state index in [1.807, 2.05) is 0 Å². The molecule has 0 heterocycles. The van der Waals surface area contributed by atoms with E-state index in [1.54, 1.807) is 0 Å². The van der Waals surface area contributed by atoms with E-state index >= 15 is 0 Å². The molecular weight excluding hydrogens is 707 g/mol. The summed E-state index contributed by atoms with van der Waals surface area (Å²) in [6.07, 6.45) is 46.8. The van der Waals surface area contributed by atoms with Gasteiger partial charge in [0, 0.05) is 13.0 Å². The van der Waals surface area contributed by atoms with E-state index in [9.17, 15) is 19.4 Å². The lowest BCUT2D eigenvalue weighted by atomic mass is 10.0. The van der Waals surface area contributed by atoms with Crippen LogP contribution in [0.2, 0.25) is 0 Å². The zero-order valence-electron chi connectivity index (χ0n) is 36.7. The number of carbonyl (C=O) groups is 1. The molecule has 0 aromatic rings. The first kappa shape index (κ1) is 54.5. The Labute approximate surface area is 342 Å². The first-order valence-electron chi connectivity index (χ1n) is 24.2. The molecular formula is C46H95N2O6P. The lowest BCUT2D eigenvalue weighted by molar-refractivity contribution is -0.123. The number of unbranched alkanes of at least 4 members (excludes halogenated alkanes) is 34. The van der Waals surface area contributed by atoms with Crippen molar-refractivity contribution in [2.75, 3.05) is 19.8 Å². The van der Waals surface area contributed by atoms with Gasteiger partial charge in [0.05, 0.1) is 25.4 Å². The molecule has 330 valence electrons. The second-order valence-electron chi connectivity index (χ2n) is 16.7. The van der Waals surface area contributed by atoms with Crippen LogP contribution in [0.15, 0.2) is 0 Å². The molecule has 0 saturated carbocycles. The largest absolute Gasteiger partial charge is 0.472 e. The van der Waals surface area contributed by atoms with Gasteiger partial charge in [-0.2, -0.15) is 0 Å². The van der Waals surface area contributed by atoms with Gasteiger partial charge in [-0.25, -0.2) is 4.57 Å². The number of aliphatic hydroxyl groups is 1. The number of rotatable bonds is 46. The molecule has 9 heteroatoms. The summed E-state index contributed by atoms with van der Waals surface area (Å²) in [5.74, 6) is -0.155. The first-order chi connectivity index (χ1) is 26.9. The number of aliphatic hydroxyl groups excluding tert-OH is 1. The van der Waals surface area contributed by atoms with Crippen LogP contribution in [-0.2, 0) is 18.4 Å². The molecule has 0 aromatic heterocycles. The summed E-state index contributed by atoms with van der Waals surface area (Å²) >= 11 is 0.